The zero-order valence-electron chi connectivity index (χ0n) is 26.7. The molecular weight excluding hydrogens is 601 g/mol. The number of carboxylic acids is 1. The lowest BCUT2D eigenvalue weighted by Crippen LogP contribution is -2.57. The van der Waals surface area contributed by atoms with E-state index in [9.17, 15) is 14.3 Å². The zero-order valence-corrected chi connectivity index (χ0v) is 27.5. The molecule has 0 spiro atoms. The SMILES string of the molecule is Cc1cc(Cl)ccc1OC1CCN(CC2CCN([C@@](C)(Cc3ccc(F)cc3)C(=O)O)CC2)CC1.OCCN(CCO)CCO. The molecule has 2 aromatic rings. The first kappa shape index (κ1) is 37.2. The lowest BCUT2D eigenvalue weighted by atomic mass is 9.86. The van der Waals surface area contributed by atoms with Crippen LogP contribution >= 0.6 is 11.6 Å². The Bertz CT molecular complexity index is 1140. The molecule has 2 heterocycles. The number of halogens is 2. The number of aliphatic hydroxyl groups excluding tert-OH is 3. The number of hydrogen-bond acceptors (Lipinski definition) is 8. The molecule has 2 aliphatic heterocycles. The third kappa shape index (κ3) is 11.8. The van der Waals surface area contributed by atoms with Crippen LogP contribution in [0.2, 0.25) is 5.02 Å². The number of hydrogen-bond donors (Lipinski definition) is 4. The highest BCUT2D eigenvalue weighted by Gasteiger charge is 2.41. The predicted molar refractivity (Wildman–Crippen MR) is 174 cm³/mol. The second kappa shape index (κ2) is 18.7. The summed E-state index contributed by atoms with van der Waals surface area (Å²) in [5, 5.41) is 36.2. The first-order chi connectivity index (χ1) is 21.6. The Morgan fingerprint density at radius 2 is 1.53 bits per heavy atom. The second-order valence-corrected chi connectivity index (χ2v) is 12.8. The topological polar surface area (TPSA) is 117 Å². The van der Waals surface area contributed by atoms with Gasteiger partial charge < -0.3 is 30.1 Å². The van der Waals surface area contributed by atoms with Crippen LogP contribution in [0, 0.1) is 18.7 Å². The number of likely N-dealkylation sites (tertiary alicyclic amines) is 2. The molecule has 252 valence electrons. The summed E-state index contributed by atoms with van der Waals surface area (Å²) in [6.07, 6.45) is 4.61. The predicted octanol–water partition coefficient (Wildman–Crippen LogP) is 3.69. The van der Waals surface area contributed by atoms with E-state index < -0.39 is 11.5 Å². The summed E-state index contributed by atoms with van der Waals surface area (Å²) in [7, 11) is 0. The maximum absolute atomic E-state index is 13.3. The number of aliphatic carboxylic acids is 1. The molecule has 1 atom stereocenters. The minimum Gasteiger partial charge on any atom is -0.490 e. The van der Waals surface area contributed by atoms with E-state index in [1.54, 1.807) is 24.0 Å². The van der Waals surface area contributed by atoms with Gasteiger partial charge in [-0.05, 0) is 100.0 Å². The van der Waals surface area contributed by atoms with Gasteiger partial charge in [-0.2, -0.15) is 0 Å². The fraction of sp³-hybridized carbons (Fsp3) is 0.618. The van der Waals surface area contributed by atoms with Crippen molar-refractivity contribution in [1.29, 1.82) is 0 Å². The van der Waals surface area contributed by atoms with Crippen LogP contribution in [0.5, 0.6) is 5.75 Å². The van der Waals surface area contributed by atoms with E-state index in [-0.39, 0.29) is 31.7 Å². The molecular formula is C34H51ClFN3O6. The summed E-state index contributed by atoms with van der Waals surface area (Å²) in [6.45, 7) is 10.2. The Kier molecular flexibility index (Phi) is 15.5. The van der Waals surface area contributed by atoms with E-state index in [0.29, 0.717) is 32.0 Å². The van der Waals surface area contributed by atoms with Crippen molar-refractivity contribution in [3.63, 3.8) is 0 Å². The molecule has 2 saturated heterocycles. The third-order valence-electron chi connectivity index (χ3n) is 8.97. The largest absolute Gasteiger partial charge is 0.490 e. The van der Waals surface area contributed by atoms with E-state index in [1.165, 1.54) is 12.1 Å². The van der Waals surface area contributed by atoms with Gasteiger partial charge in [0.1, 0.15) is 23.2 Å². The summed E-state index contributed by atoms with van der Waals surface area (Å²) in [5.74, 6) is 0.369. The van der Waals surface area contributed by atoms with Crippen molar-refractivity contribution >= 4 is 17.6 Å². The third-order valence-corrected chi connectivity index (χ3v) is 9.20. The van der Waals surface area contributed by atoms with Crippen molar-refractivity contribution in [2.45, 2.75) is 57.6 Å². The van der Waals surface area contributed by atoms with Crippen LogP contribution < -0.4 is 4.74 Å². The van der Waals surface area contributed by atoms with Crippen molar-refractivity contribution in [3.05, 3.63) is 64.4 Å². The lowest BCUT2D eigenvalue weighted by molar-refractivity contribution is -0.151. The normalized spacial score (nSPS) is 18.3. The highest BCUT2D eigenvalue weighted by atomic mass is 35.5. The molecule has 0 bridgehead atoms. The number of piperidine rings is 2. The van der Waals surface area contributed by atoms with Crippen molar-refractivity contribution in [3.8, 4) is 5.75 Å². The fourth-order valence-corrected chi connectivity index (χ4v) is 6.42. The Morgan fingerprint density at radius 3 is 2.04 bits per heavy atom. The summed E-state index contributed by atoms with van der Waals surface area (Å²) >= 11 is 6.06. The number of rotatable bonds is 14. The fourth-order valence-electron chi connectivity index (χ4n) is 6.19. The molecule has 4 rings (SSSR count). The van der Waals surface area contributed by atoms with Crippen LogP contribution in [0.25, 0.3) is 0 Å². The second-order valence-electron chi connectivity index (χ2n) is 12.4. The van der Waals surface area contributed by atoms with Crippen LogP contribution in [0.1, 0.15) is 43.7 Å². The van der Waals surface area contributed by atoms with Gasteiger partial charge >= 0.3 is 5.97 Å². The van der Waals surface area contributed by atoms with Gasteiger partial charge in [-0.25, -0.2) is 4.39 Å². The molecule has 0 amide bonds. The molecule has 45 heavy (non-hydrogen) atoms. The summed E-state index contributed by atoms with van der Waals surface area (Å²) in [4.78, 5) is 18.7. The number of aryl methyl sites for hydroxylation is 1. The van der Waals surface area contributed by atoms with E-state index >= 15 is 0 Å². The van der Waals surface area contributed by atoms with E-state index in [1.807, 2.05) is 25.1 Å². The number of carboxylic acid groups (broad SMARTS) is 1. The highest BCUT2D eigenvalue weighted by Crippen LogP contribution is 2.30. The lowest BCUT2D eigenvalue weighted by Gasteiger charge is -2.43. The average molecular weight is 652 g/mol. The van der Waals surface area contributed by atoms with E-state index in [4.69, 9.17) is 31.7 Å². The van der Waals surface area contributed by atoms with Crippen LogP contribution in [-0.2, 0) is 11.2 Å². The Hall–Kier alpha value is -2.31. The van der Waals surface area contributed by atoms with Crippen LogP contribution in [0.3, 0.4) is 0 Å². The zero-order chi connectivity index (χ0) is 32.8. The van der Waals surface area contributed by atoms with Gasteiger partial charge in [-0.15, -0.1) is 0 Å². The summed E-state index contributed by atoms with van der Waals surface area (Å²) in [5.41, 5.74) is 0.926. The highest BCUT2D eigenvalue weighted by molar-refractivity contribution is 6.30. The van der Waals surface area contributed by atoms with Crippen molar-refractivity contribution in [2.75, 3.05) is 72.2 Å². The molecule has 0 aromatic heterocycles. The molecule has 4 N–H and O–H groups in total. The summed E-state index contributed by atoms with van der Waals surface area (Å²) < 4.78 is 19.5. The molecule has 11 heteroatoms. The van der Waals surface area contributed by atoms with Gasteiger partial charge in [-0.3, -0.25) is 14.6 Å². The van der Waals surface area contributed by atoms with Crippen LogP contribution in [0.15, 0.2) is 42.5 Å². The van der Waals surface area contributed by atoms with Gasteiger partial charge in [0.15, 0.2) is 0 Å². The first-order valence-corrected chi connectivity index (χ1v) is 16.4. The molecule has 0 aliphatic carbocycles. The molecule has 0 unspecified atom stereocenters. The number of carbonyl (C=O) groups is 1. The smallest absolute Gasteiger partial charge is 0.324 e. The standard InChI is InChI=1S/C28H36ClFN2O3.C6H15NO3/c1-20-17-23(29)5-8-26(20)35-25-11-13-31(14-12-25)19-22-9-15-32(16-10-22)28(2,27(33)34)18-21-3-6-24(30)7-4-21;8-4-1-7(2-5-9)3-6-10/h3-8,17,22,25H,9-16,18-19H2,1-2H3,(H,33,34);8-10H,1-6H2/t28-;/m0./s1. The van der Waals surface area contributed by atoms with Gasteiger partial charge in [-0.1, -0.05) is 23.7 Å². The quantitative estimate of drug-likeness (QED) is 0.243. The number of benzene rings is 2. The van der Waals surface area contributed by atoms with Crippen molar-refractivity contribution < 1.29 is 34.3 Å². The van der Waals surface area contributed by atoms with Crippen LogP contribution in [0.4, 0.5) is 4.39 Å². The maximum Gasteiger partial charge on any atom is 0.324 e. The summed E-state index contributed by atoms with van der Waals surface area (Å²) in [6, 6.07) is 11.9. The minimum atomic E-state index is -0.988. The van der Waals surface area contributed by atoms with E-state index in [2.05, 4.69) is 9.80 Å². The average Bonchev–Trinajstić information content (AvgIpc) is 3.01. The van der Waals surface area contributed by atoms with Crippen LogP contribution in [-0.4, -0.2) is 125 Å². The monoisotopic (exact) mass is 651 g/mol. The number of ether oxygens (including phenoxy) is 1. The maximum atomic E-state index is 13.3. The Balaban J connectivity index is 0.000000477. The van der Waals surface area contributed by atoms with Gasteiger partial charge in [0.05, 0.1) is 19.8 Å². The number of nitrogens with zero attached hydrogens (tertiary/aromatic N) is 3. The Labute approximate surface area is 272 Å². The molecule has 0 saturated carbocycles. The van der Waals surface area contributed by atoms with Gasteiger partial charge in [0.2, 0.25) is 0 Å². The van der Waals surface area contributed by atoms with Gasteiger partial charge in [0.25, 0.3) is 0 Å². The van der Waals surface area contributed by atoms with Gasteiger partial charge in [0, 0.05) is 50.7 Å². The van der Waals surface area contributed by atoms with E-state index in [0.717, 1.165) is 80.3 Å². The van der Waals surface area contributed by atoms with Crippen molar-refractivity contribution in [2.24, 2.45) is 5.92 Å². The number of aliphatic hydroxyl groups is 3. The molecule has 9 nitrogen and oxygen atoms in total. The Morgan fingerprint density at radius 1 is 0.956 bits per heavy atom. The van der Waals surface area contributed by atoms with Crippen molar-refractivity contribution in [1.82, 2.24) is 14.7 Å². The molecule has 2 aromatic carbocycles. The first-order valence-electron chi connectivity index (χ1n) is 16.0. The molecule has 0 radical (unpaired) electrons. The molecule has 2 fully saturated rings. The minimum absolute atomic E-state index is 0.0694. The molecule has 2 aliphatic rings.